The molecular weight excluding hydrogens is 397 g/mol. The van der Waals surface area contributed by atoms with E-state index in [1.54, 1.807) is 27.9 Å². The molecule has 0 saturated carbocycles. The second-order valence-electron chi connectivity index (χ2n) is 7.42. The van der Waals surface area contributed by atoms with E-state index < -0.39 is 0 Å². The molecule has 0 spiro atoms. The Hall–Kier alpha value is -1.76. The zero-order chi connectivity index (χ0) is 20.8. The van der Waals surface area contributed by atoms with Crippen molar-refractivity contribution in [3.8, 4) is 0 Å². The Kier molecular flexibility index (Phi) is 8.16. The number of nitrogens with one attached hydrogen (secondary N) is 1. The maximum Gasteiger partial charge on any atom is 0.322 e. The van der Waals surface area contributed by atoms with Crippen LogP contribution in [0.1, 0.15) is 26.3 Å². The van der Waals surface area contributed by atoms with Crippen LogP contribution < -0.4 is 5.32 Å². The molecule has 0 aliphatic carbocycles. The summed E-state index contributed by atoms with van der Waals surface area (Å²) in [6, 6.07) is 5.50. The highest BCUT2D eigenvalue weighted by Crippen LogP contribution is 2.24. The van der Waals surface area contributed by atoms with Gasteiger partial charge in [0.15, 0.2) is 0 Å². The predicted octanol–water partition coefficient (Wildman–Crippen LogP) is 4.83. The summed E-state index contributed by atoms with van der Waals surface area (Å²) in [5.74, 6) is 0.391. The first-order chi connectivity index (χ1) is 13.2. The van der Waals surface area contributed by atoms with E-state index in [-0.39, 0.29) is 12.1 Å². The van der Waals surface area contributed by atoms with Gasteiger partial charge in [0, 0.05) is 31.9 Å². The SMILES string of the molecule is CCn1cc(NC(=O)N(Cc2ccc(Cl)c(Cl)c2)C[C@H](C(C)C)N(C)C)cn1. The van der Waals surface area contributed by atoms with Crippen molar-refractivity contribution in [3.63, 3.8) is 0 Å². The van der Waals surface area contributed by atoms with E-state index in [1.807, 2.05) is 33.3 Å². The predicted molar refractivity (Wildman–Crippen MR) is 116 cm³/mol. The standard InChI is InChI=1S/C20H29Cl2N5O/c1-6-27-12-16(10-23-27)24-20(28)26(13-19(14(2)3)25(4)5)11-15-7-8-17(21)18(22)9-15/h7-10,12,14,19H,6,11,13H2,1-5H3,(H,24,28)/t19-/m1/s1. The molecule has 1 heterocycles. The molecule has 0 aliphatic heterocycles. The fourth-order valence-electron chi connectivity index (χ4n) is 3.08. The summed E-state index contributed by atoms with van der Waals surface area (Å²) in [4.78, 5) is 17.0. The van der Waals surface area contributed by atoms with E-state index in [4.69, 9.17) is 23.2 Å². The Labute approximate surface area is 177 Å². The minimum Gasteiger partial charge on any atom is -0.319 e. The van der Waals surface area contributed by atoms with Crippen molar-refractivity contribution in [1.29, 1.82) is 0 Å². The maximum absolute atomic E-state index is 13.0. The van der Waals surface area contributed by atoms with Crippen LogP contribution in [-0.2, 0) is 13.1 Å². The Bertz CT molecular complexity index is 783. The lowest BCUT2D eigenvalue weighted by atomic mass is 10.0. The van der Waals surface area contributed by atoms with Crippen LogP contribution >= 0.6 is 23.2 Å². The van der Waals surface area contributed by atoms with E-state index in [2.05, 4.69) is 29.2 Å². The van der Waals surface area contributed by atoms with Crippen LogP contribution in [0, 0.1) is 5.92 Å². The Morgan fingerprint density at radius 2 is 1.96 bits per heavy atom. The van der Waals surface area contributed by atoms with Gasteiger partial charge in [-0.05, 0) is 44.6 Å². The summed E-state index contributed by atoms with van der Waals surface area (Å²) in [6.45, 7) is 8.08. The summed E-state index contributed by atoms with van der Waals surface area (Å²) < 4.78 is 1.77. The number of likely N-dealkylation sites (N-methyl/N-ethyl adjacent to an activating group) is 1. The van der Waals surface area contributed by atoms with Crippen LogP contribution in [0.4, 0.5) is 10.5 Å². The van der Waals surface area contributed by atoms with Gasteiger partial charge in [-0.2, -0.15) is 5.10 Å². The lowest BCUT2D eigenvalue weighted by Crippen LogP contribution is -2.46. The lowest BCUT2D eigenvalue weighted by molar-refractivity contribution is 0.155. The van der Waals surface area contributed by atoms with Crippen molar-refractivity contribution < 1.29 is 4.79 Å². The summed E-state index contributed by atoms with van der Waals surface area (Å²) in [7, 11) is 4.07. The zero-order valence-electron chi connectivity index (χ0n) is 17.1. The smallest absolute Gasteiger partial charge is 0.319 e. The first-order valence-electron chi connectivity index (χ1n) is 9.40. The topological polar surface area (TPSA) is 53.4 Å². The molecule has 1 N–H and O–H groups in total. The molecule has 0 radical (unpaired) electrons. The number of rotatable bonds is 8. The van der Waals surface area contributed by atoms with Crippen molar-refractivity contribution in [2.45, 2.75) is 39.9 Å². The lowest BCUT2D eigenvalue weighted by Gasteiger charge is -2.34. The number of halogens is 2. The number of hydrogen-bond donors (Lipinski definition) is 1. The van der Waals surface area contributed by atoms with E-state index in [0.717, 1.165) is 12.1 Å². The van der Waals surface area contributed by atoms with Crippen molar-refractivity contribution >= 4 is 34.9 Å². The first kappa shape index (κ1) is 22.5. The second-order valence-corrected chi connectivity index (χ2v) is 8.23. The normalized spacial score (nSPS) is 12.5. The number of carbonyl (C=O) groups excluding carboxylic acids is 1. The molecule has 0 aliphatic rings. The highest BCUT2D eigenvalue weighted by Gasteiger charge is 2.24. The van der Waals surface area contributed by atoms with Gasteiger partial charge in [-0.25, -0.2) is 4.79 Å². The molecule has 8 heteroatoms. The third-order valence-corrected chi connectivity index (χ3v) is 5.43. The fraction of sp³-hybridized carbons (Fsp3) is 0.500. The van der Waals surface area contributed by atoms with E-state index in [1.165, 1.54) is 0 Å². The monoisotopic (exact) mass is 425 g/mol. The average molecular weight is 426 g/mol. The number of benzene rings is 1. The van der Waals surface area contributed by atoms with Crippen LogP contribution in [-0.4, -0.2) is 52.3 Å². The summed E-state index contributed by atoms with van der Waals surface area (Å²) in [5, 5.41) is 8.15. The van der Waals surface area contributed by atoms with Crippen molar-refractivity contribution in [2.24, 2.45) is 5.92 Å². The third kappa shape index (κ3) is 6.12. The van der Waals surface area contributed by atoms with Crippen LogP contribution in [0.25, 0.3) is 0 Å². The first-order valence-corrected chi connectivity index (χ1v) is 10.2. The molecule has 154 valence electrons. The van der Waals surface area contributed by atoms with Crippen LogP contribution in [0.5, 0.6) is 0 Å². The van der Waals surface area contributed by atoms with E-state index in [9.17, 15) is 4.79 Å². The number of aryl methyl sites for hydroxylation is 1. The largest absolute Gasteiger partial charge is 0.322 e. The molecule has 2 amide bonds. The molecular formula is C20H29Cl2N5O. The number of carbonyl (C=O) groups is 1. The Morgan fingerprint density at radius 3 is 2.50 bits per heavy atom. The minimum absolute atomic E-state index is 0.172. The van der Waals surface area contributed by atoms with Crippen molar-refractivity contribution in [2.75, 3.05) is 26.0 Å². The highest BCUT2D eigenvalue weighted by molar-refractivity contribution is 6.42. The second kappa shape index (κ2) is 10.1. The van der Waals surface area contributed by atoms with Crippen LogP contribution in [0.15, 0.2) is 30.6 Å². The van der Waals surface area contributed by atoms with Crippen LogP contribution in [0.2, 0.25) is 10.0 Å². The van der Waals surface area contributed by atoms with Gasteiger partial charge in [-0.1, -0.05) is 43.1 Å². The Balaban J connectivity index is 2.22. The quantitative estimate of drug-likeness (QED) is 0.658. The highest BCUT2D eigenvalue weighted by atomic mass is 35.5. The summed E-state index contributed by atoms with van der Waals surface area (Å²) >= 11 is 12.2. The van der Waals surface area contributed by atoms with Gasteiger partial charge in [0.2, 0.25) is 0 Å². The summed E-state index contributed by atoms with van der Waals surface area (Å²) in [6.07, 6.45) is 3.48. The molecule has 1 atom stereocenters. The third-order valence-electron chi connectivity index (χ3n) is 4.69. The number of amides is 2. The minimum atomic E-state index is -0.172. The number of aromatic nitrogens is 2. The number of urea groups is 1. The molecule has 1 aromatic carbocycles. The molecule has 0 saturated heterocycles. The average Bonchev–Trinajstić information content (AvgIpc) is 3.08. The van der Waals surface area contributed by atoms with Gasteiger partial charge in [-0.15, -0.1) is 0 Å². The number of hydrogen-bond acceptors (Lipinski definition) is 3. The Morgan fingerprint density at radius 1 is 1.25 bits per heavy atom. The van der Waals surface area contributed by atoms with Gasteiger partial charge in [0.25, 0.3) is 0 Å². The molecule has 1 aromatic heterocycles. The molecule has 0 fully saturated rings. The van der Waals surface area contributed by atoms with Gasteiger partial charge in [0.1, 0.15) is 0 Å². The summed E-state index contributed by atoms with van der Waals surface area (Å²) in [5.41, 5.74) is 1.60. The van der Waals surface area contributed by atoms with E-state index in [0.29, 0.717) is 34.7 Å². The van der Waals surface area contributed by atoms with Gasteiger partial charge < -0.3 is 15.1 Å². The number of anilines is 1. The van der Waals surface area contributed by atoms with Gasteiger partial charge in [0.05, 0.1) is 21.9 Å². The van der Waals surface area contributed by atoms with Crippen molar-refractivity contribution in [3.05, 3.63) is 46.2 Å². The molecule has 2 aromatic rings. The van der Waals surface area contributed by atoms with Crippen LogP contribution in [0.3, 0.4) is 0 Å². The molecule has 0 unspecified atom stereocenters. The maximum atomic E-state index is 13.0. The molecule has 28 heavy (non-hydrogen) atoms. The van der Waals surface area contributed by atoms with Gasteiger partial charge in [-0.3, -0.25) is 4.68 Å². The van der Waals surface area contributed by atoms with E-state index >= 15 is 0 Å². The number of nitrogens with zero attached hydrogens (tertiary/aromatic N) is 4. The van der Waals surface area contributed by atoms with Crippen molar-refractivity contribution in [1.82, 2.24) is 19.6 Å². The van der Waals surface area contributed by atoms with Gasteiger partial charge >= 0.3 is 6.03 Å². The zero-order valence-corrected chi connectivity index (χ0v) is 18.6. The fourth-order valence-corrected chi connectivity index (χ4v) is 3.40. The molecule has 6 nitrogen and oxygen atoms in total. The molecule has 2 rings (SSSR count). The molecule has 0 bridgehead atoms.